The molecule has 15 heavy (non-hydrogen) atoms. The minimum atomic E-state index is 1.00. The highest BCUT2D eigenvalue weighted by Gasteiger charge is 2.13. The number of halogens is 1. The molecule has 0 aromatic carbocycles. The molecule has 0 unspecified atom stereocenters. The Labute approximate surface area is 104 Å². The van der Waals surface area contributed by atoms with Crippen LogP contribution in [0.15, 0.2) is 15.9 Å². The van der Waals surface area contributed by atoms with Crippen LogP contribution in [0.1, 0.15) is 37.0 Å². The smallest absolute Gasteiger partial charge is 0.0327 e. The summed E-state index contributed by atoms with van der Waals surface area (Å²) in [5.41, 5.74) is 0. The molecular weight excluding hydrogens is 270 g/mol. The van der Waals surface area contributed by atoms with Crippen LogP contribution in [0.2, 0.25) is 0 Å². The average Bonchev–Trinajstić information content (AvgIpc) is 2.85. The molecule has 0 spiro atoms. The third-order valence-corrected chi connectivity index (χ3v) is 5.11. The molecule has 0 amide bonds. The van der Waals surface area contributed by atoms with E-state index in [0.29, 0.717) is 0 Å². The van der Waals surface area contributed by atoms with Crippen LogP contribution in [0.25, 0.3) is 0 Å². The molecule has 1 nitrogen and oxygen atoms in total. The lowest BCUT2D eigenvalue weighted by Gasteiger charge is -2.09. The van der Waals surface area contributed by atoms with Crippen LogP contribution >= 0.6 is 27.3 Å². The molecule has 1 aromatic heterocycles. The van der Waals surface area contributed by atoms with Crippen LogP contribution in [0.5, 0.6) is 0 Å². The maximum atomic E-state index is 3.56. The van der Waals surface area contributed by atoms with E-state index in [-0.39, 0.29) is 0 Å². The van der Waals surface area contributed by atoms with Gasteiger partial charge >= 0.3 is 0 Å². The van der Waals surface area contributed by atoms with Gasteiger partial charge in [0.15, 0.2) is 0 Å². The Kier molecular flexibility index (Phi) is 4.66. The molecule has 1 fully saturated rings. The van der Waals surface area contributed by atoms with Gasteiger partial charge in [0.05, 0.1) is 0 Å². The number of rotatable bonds is 5. The van der Waals surface area contributed by atoms with Gasteiger partial charge in [-0.1, -0.05) is 25.7 Å². The van der Waals surface area contributed by atoms with Gasteiger partial charge in [-0.15, -0.1) is 11.3 Å². The molecule has 1 heterocycles. The molecular formula is C12H18BrNS. The summed E-state index contributed by atoms with van der Waals surface area (Å²) in [6.07, 6.45) is 7.21. The summed E-state index contributed by atoms with van der Waals surface area (Å²) in [6, 6.07) is 2.12. The van der Waals surface area contributed by atoms with E-state index in [2.05, 4.69) is 32.7 Å². The van der Waals surface area contributed by atoms with Crippen LogP contribution in [-0.4, -0.2) is 6.54 Å². The lowest BCUT2D eigenvalue weighted by Crippen LogP contribution is -2.16. The van der Waals surface area contributed by atoms with Gasteiger partial charge in [-0.3, -0.25) is 0 Å². The lowest BCUT2D eigenvalue weighted by atomic mass is 10.0. The minimum absolute atomic E-state index is 1.00. The predicted octanol–water partition coefficient (Wildman–Crippen LogP) is 4.18. The predicted molar refractivity (Wildman–Crippen MR) is 70.3 cm³/mol. The average molecular weight is 288 g/mol. The number of hydrogen-bond donors (Lipinski definition) is 1. The maximum absolute atomic E-state index is 3.56. The third kappa shape index (κ3) is 3.58. The van der Waals surface area contributed by atoms with Gasteiger partial charge in [-0.2, -0.15) is 0 Å². The van der Waals surface area contributed by atoms with Crippen molar-refractivity contribution >= 4 is 27.3 Å². The highest BCUT2D eigenvalue weighted by Crippen LogP contribution is 2.27. The Morgan fingerprint density at radius 3 is 2.87 bits per heavy atom. The molecule has 0 aliphatic heterocycles. The van der Waals surface area contributed by atoms with E-state index in [9.17, 15) is 0 Å². The van der Waals surface area contributed by atoms with E-state index < -0.39 is 0 Å². The van der Waals surface area contributed by atoms with Crippen molar-refractivity contribution in [1.29, 1.82) is 0 Å². The van der Waals surface area contributed by atoms with Gasteiger partial charge in [-0.05, 0) is 46.3 Å². The first kappa shape index (κ1) is 11.6. The maximum Gasteiger partial charge on any atom is 0.0327 e. The van der Waals surface area contributed by atoms with Crippen LogP contribution in [0.4, 0.5) is 0 Å². The molecule has 84 valence electrons. The van der Waals surface area contributed by atoms with Crippen molar-refractivity contribution in [2.24, 2.45) is 5.92 Å². The zero-order valence-electron chi connectivity index (χ0n) is 8.97. The van der Waals surface area contributed by atoms with Crippen LogP contribution in [0, 0.1) is 5.92 Å². The Hall–Kier alpha value is 0.140. The first-order chi connectivity index (χ1) is 7.36. The SMILES string of the molecule is Brc1ccsc1CNCCC1CCCC1. The van der Waals surface area contributed by atoms with Gasteiger partial charge in [0.25, 0.3) is 0 Å². The zero-order valence-corrected chi connectivity index (χ0v) is 11.4. The van der Waals surface area contributed by atoms with Crippen molar-refractivity contribution in [2.75, 3.05) is 6.54 Å². The van der Waals surface area contributed by atoms with E-state index in [1.54, 1.807) is 0 Å². The van der Waals surface area contributed by atoms with E-state index >= 15 is 0 Å². The second kappa shape index (κ2) is 6.02. The van der Waals surface area contributed by atoms with Crippen molar-refractivity contribution in [3.05, 3.63) is 20.8 Å². The summed E-state index contributed by atoms with van der Waals surface area (Å²) in [5.74, 6) is 1.00. The summed E-state index contributed by atoms with van der Waals surface area (Å²) >= 11 is 5.38. The summed E-state index contributed by atoms with van der Waals surface area (Å²) in [5, 5.41) is 5.67. The van der Waals surface area contributed by atoms with Crippen molar-refractivity contribution < 1.29 is 0 Å². The molecule has 3 heteroatoms. The van der Waals surface area contributed by atoms with Gasteiger partial charge in [0.1, 0.15) is 0 Å². The summed E-state index contributed by atoms with van der Waals surface area (Å²) in [6.45, 7) is 2.19. The monoisotopic (exact) mass is 287 g/mol. The molecule has 1 aromatic rings. The Morgan fingerprint density at radius 2 is 2.20 bits per heavy atom. The van der Waals surface area contributed by atoms with Crippen molar-refractivity contribution in [3.8, 4) is 0 Å². The number of thiophene rings is 1. The van der Waals surface area contributed by atoms with Gasteiger partial charge < -0.3 is 5.32 Å². The molecule has 1 aliphatic rings. The van der Waals surface area contributed by atoms with E-state index in [4.69, 9.17) is 0 Å². The molecule has 1 saturated carbocycles. The second-order valence-corrected chi connectivity index (χ2v) is 6.16. The van der Waals surface area contributed by atoms with E-state index in [0.717, 1.165) is 12.5 Å². The first-order valence-corrected chi connectivity index (χ1v) is 7.46. The Balaban J connectivity index is 1.60. The molecule has 0 atom stereocenters. The van der Waals surface area contributed by atoms with Gasteiger partial charge in [0, 0.05) is 15.9 Å². The first-order valence-electron chi connectivity index (χ1n) is 5.79. The largest absolute Gasteiger partial charge is 0.312 e. The minimum Gasteiger partial charge on any atom is -0.312 e. The highest BCUT2D eigenvalue weighted by atomic mass is 79.9. The summed E-state index contributed by atoms with van der Waals surface area (Å²) in [4.78, 5) is 1.42. The number of hydrogen-bond acceptors (Lipinski definition) is 2. The van der Waals surface area contributed by atoms with Crippen LogP contribution in [0.3, 0.4) is 0 Å². The molecule has 1 aliphatic carbocycles. The van der Waals surface area contributed by atoms with Crippen LogP contribution in [-0.2, 0) is 6.54 Å². The molecule has 0 bridgehead atoms. The fraction of sp³-hybridized carbons (Fsp3) is 0.667. The summed E-state index contributed by atoms with van der Waals surface area (Å²) < 4.78 is 1.25. The Bertz CT molecular complexity index is 292. The fourth-order valence-corrected chi connectivity index (χ4v) is 3.72. The molecule has 1 N–H and O–H groups in total. The lowest BCUT2D eigenvalue weighted by molar-refractivity contribution is 0.478. The second-order valence-electron chi connectivity index (χ2n) is 4.31. The van der Waals surface area contributed by atoms with E-state index in [1.807, 2.05) is 11.3 Å². The molecule has 0 saturated heterocycles. The van der Waals surface area contributed by atoms with Gasteiger partial charge in [0.2, 0.25) is 0 Å². The summed E-state index contributed by atoms with van der Waals surface area (Å²) in [7, 11) is 0. The van der Waals surface area contributed by atoms with Crippen molar-refractivity contribution in [3.63, 3.8) is 0 Å². The fourth-order valence-electron chi connectivity index (χ4n) is 2.26. The molecule has 0 radical (unpaired) electrons. The zero-order chi connectivity index (χ0) is 10.5. The van der Waals surface area contributed by atoms with Crippen LogP contribution < -0.4 is 5.32 Å². The van der Waals surface area contributed by atoms with E-state index in [1.165, 1.54) is 48.0 Å². The van der Waals surface area contributed by atoms with Gasteiger partial charge in [-0.25, -0.2) is 0 Å². The van der Waals surface area contributed by atoms with Crippen molar-refractivity contribution in [1.82, 2.24) is 5.32 Å². The standard InChI is InChI=1S/C12H18BrNS/c13-11-6-8-15-12(11)9-14-7-5-10-3-1-2-4-10/h6,8,10,14H,1-5,7,9H2. The normalized spacial score (nSPS) is 17.4. The Morgan fingerprint density at radius 1 is 1.40 bits per heavy atom. The highest BCUT2D eigenvalue weighted by molar-refractivity contribution is 9.10. The van der Waals surface area contributed by atoms with Crippen molar-refractivity contribution in [2.45, 2.75) is 38.6 Å². The molecule has 2 rings (SSSR count). The topological polar surface area (TPSA) is 12.0 Å². The number of nitrogens with one attached hydrogen (secondary N) is 1. The third-order valence-electron chi connectivity index (χ3n) is 3.18. The quantitative estimate of drug-likeness (QED) is 0.801.